The van der Waals surface area contributed by atoms with Crippen molar-refractivity contribution in [3.63, 3.8) is 0 Å². The number of urea groups is 1. The van der Waals surface area contributed by atoms with Crippen LogP contribution in [0.5, 0.6) is 0 Å². The fourth-order valence-electron chi connectivity index (χ4n) is 5.23. The van der Waals surface area contributed by atoms with E-state index in [4.69, 9.17) is 16.3 Å². The van der Waals surface area contributed by atoms with E-state index in [9.17, 15) is 18.0 Å². The lowest BCUT2D eigenvalue weighted by Crippen LogP contribution is -2.45. The van der Waals surface area contributed by atoms with Crippen LogP contribution >= 0.6 is 11.6 Å². The van der Waals surface area contributed by atoms with Crippen molar-refractivity contribution in [2.45, 2.75) is 50.0 Å². The maximum absolute atomic E-state index is 14.1. The quantitative estimate of drug-likeness (QED) is 0.646. The number of carbonyl (C=O) groups is 1. The van der Waals surface area contributed by atoms with Crippen LogP contribution in [0.15, 0.2) is 36.5 Å². The van der Waals surface area contributed by atoms with Crippen LogP contribution in [0.2, 0.25) is 5.02 Å². The van der Waals surface area contributed by atoms with Crippen LogP contribution in [0.1, 0.15) is 35.7 Å². The normalized spacial score (nSPS) is 22.2. The van der Waals surface area contributed by atoms with E-state index in [0.717, 1.165) is 17.7 Å². The summed E-state index contributed by atoms with van der Waals surface area (Å²) in [7, 11) is 0. The zero-order chi connectivity index (χ0) is 23.9. The van der Waals surface area contributed by atoms with Gasteiger partial charge in [0.2, 0.25) is 0 Å². The Bertz CT molecular complexity index is 1040. The molecule has 2 atom stereocenters. The smallest absolute Gasteiger partial charge is 0.381 e. The zero-order valence-corrected chi connectivity index (χ0v) is 19.3. The molecule has 182 valence electrons. The number of benzene rings is 1. The lowest BCUT2D eigenvalue weighted by atomic mass is 10.1. The summed E-state index contributed by atoms with van der Waals surface area (Å²) < 4.78 is 47.7. The second kappa shape index (κ2) is 9.26. The molecule has 1 aliphatic carbocycles. The van der Waals surface area contributed by atoms with Gasteiger partial charge in [-0.3, -0.25) is 4.98 Å². The van der Waals surface area contributed by atoms with Crippen molar-refractivity contribution in [1.82, 2.24) is 14.8 Å². The Balaban J connectivity index is 1.29. The van der Waals surface area contributed by atoms with Gasteiger partial charge in [0, 0.05) is 43.4 Å². The molecule has 1 N–H and O–H groups in total. The predicted molar refractivity (Wildman–Crippen MR) is 122 cm³/mol. The van der Waals surface area contributed by atoms with Gasteiger partial charge in [0.05, 0.1) is 17.6 Å². The minimum atomic E-state index is -4.63. The molecule has 0 spiro atoms. The number of hydrogen-bond acceptors (Lipinski definition) is 4. The Morgan fingerprint density at radius 1 is 1.09 bits per heavy atom. The van der Waals surface area contributed by atoms with Gasteiger partial charge >= 0.3 is 12.2 Å². The van der Waals surface area contributed by atoms with E-state index in [-0.39, 0.29) is 30.9 Å². The van der Waals surface area contributed by atoms with Crippen molar-refractivity contribution in [3.05, 3.63) is 58.4 Å². The van der Waals surface area contributed by atoms with E-state index in [2.05, 4.69) is 10.3 Å². The number of nitrogens with one attached hydrogen (secondary N) is 1. The lowest BCUT2D eigenvalue weighted by Gasteiger charge is -2.33. The molecule has 3 heterocycles. The predicted octanol–water partition coefficient (Wildman–Crippen LogP) is 4.83. The molecule has 2 aliphatic heterocycles. The molecule has 0 saturated carbocycles. The molecule has 2 saturated heterocycles. The number of ether oxygens (including phenoxy) is 1. The van der Waals surface area contributed by atoms with Gasteiger partial charge in [0.15, 0.2) is 6.04 Å². The Morgan fingerprint density at radius 3 is 2.56 bits per heavy atom. The van der Waals surface area contributed by atoms with Gasteiger partial charge in [0.25, 0.3) is 0 Å². The number of pyridine rings is 1. The molecule has 1 aromatic carbocycles. The maximum atomic E-state index is 14.1. The molecule has 2 unspecified atom stereocenters. The number of hydrogen-bond donors (Lipinski definition) is 1. The van der Waals surface area contributed by atoms with E-state index in [0.29, 0.717) is 36.8 Å². The maximum Gasteiger partial charge on any atom is 0.414 e. The number of rotatable bonds is 5. The molecular weight excluding hydrogens is 469 g/mol. The van der Waals surface area contributed by atoms with Crippen LogP contribution in [0.3, 0.4) is 0 Å². The van der Waals surface area contributed by atoms with Gasteiger partial charge in [-0.15, -0.1) is 0 Å². The third-order valence-corrected chi connectivity index (χ3v) is 7.10. The van der Waals surface area contributed by atoms with Crippen molar-refractivity contribution in [1.29, 1.82) is 0 Å². The summed E-state index contributed by atoms with van der Waals surface area (Å²) in [4.78, 5) is 19.5. The third-order valence-electron chi connectivity index (χ3n) is 6.86. The minimum Gasteiger partial charge on any atom is -0.381 e. The van der Waals surface area contributed by atoms with E-state index >= 15 is 0 Å². The van der Waals surface area contributed by atoms with Crippen molar-refractivity contribution in [2.75, 3.05) is 31.6 Å². The average molecular weight is 495 g/mol. The summed E-state index contributed by atoms with van der Waals surface area (Å²) >= 11 is 6.07. The van der Waals surface area contributed by atoms with Gasteiger partial charge in [-0.1, -0.05) is 17.7 Å². The zero-order valence-electron chi connectivity index (χ0n) is 18.5. The number of anilines is 1. The average Bonchev–Trinajstić information content (AvgIpc) is 3.37. The molecule has 2 amide bonds. The Morgan fingerprint density at radius 2 is 1.85 bits per heavy atom. The van der Waals surface area contributed by atoms with Gasteiger partial charge in [-0.05, 0) is 61.1 Å². The summed E-state index contributed by atoms with van der Waals surface area (Å²) in [6.07, 6.45) is -0.328. The topological polar surface area (TPSA) is 57.7 Å². The van der Waals surface area contributed by atoms with Gasteiger partial charge in [-0.25, -0.2) is 4.79 Å². The van der Waals surface area contributed by atoms with E-state index in [1.165, 1.54) is 23.4 Å². The first-order valence-corrected chi connectivity index (χ1v) is 11.9. The standard InChI is InChI=1S/C24H26ClF3N4O2/c25-17-2-1-15-12-19(13-16(15)11-17)30-18-3-4-21(29-14-18)22(24(26,27)28)32-8-7-31(23(32)33)20-5-9-34-10-6-20/h1-4,11,14,19-20,22,30H,5-10,12-13H2. The monoisotopic (exact) mass is 494 g/mol. The molecule has 0 radical (unpaired) electrons. The van der Waals surface area contributed by atoms with Crippen LogP contribution in [-0.2, 0) is 17.6 Å². The van der Waals surface area contributed by atoms with Crippen molar-refractivity contribution >= 4 is 23.3 Å². The molecule has 10 heteroatoms. The summed E-state index contributed by atoms with van der Waals surface area (Å²) in [5.74, 6) is 0. The number of carbonyl (C=O) groups excluding carboxylic acids is 1. The Kier molecular flexibility index (Phi) is 6.33. The molecule has 0 bridgehead atoms. The van der Waals surface area contributed by atoms with E-state index < -0.39 is 18.2 Å². The molecule has 5 rings (SSSR count). The Hall–Kier alpha value is -2.52. The van der Waals surface area contributed by atoms with Crippen molar-refractivity contribution < 1.29 is 22.7 Å². The van der Waals surface area contributed by atoms with E-state index in [1.807, 2.05) is 18.2 Å². The molecular formula is C24H26ClF3N4O2. The summed E-state index contributed by atoms with van der Waals surface area (Å²) in [6, 6.07) is 6.17. The van der Waals surface area contributed by atoms with Crippen molar-refractivity contribution in [3.8, 4) is 0 Å². The molecule has 34 heavy (non-hydrogen) atoms. The molecule has 1 aromatic heterocycles. The summed E-state index contributed by atoms with van der Waals surface area (Å²) in [5, 5.41) is 4.04. The highest BCUT2D eigenvalue weighted by Crippen LogP contribution is 2.39. The first-order chi connectivity index (χ1) is 16.3. The fraction of sp³-hybridized carbons (Fsp3) is 0.500. The van der Waals surface area contributed by atoms with E-state index in [1.54, 1.807) is 11.0 Å². The fourth-order valence-corrected chi connectivity index (χ4v) is 5.42. The molecule has 6 nitrogen and oxygen atoms in total. The second-order valence-electron chi connectivity index (χ2n) is 9.09. The number of aromatic nitrogens is 1. The van der Waals surface area contributed by atoms with Gasteiger partial charge in [-0.2, -0.15) is 13.2 Å². The first kappa shape index (κ1) is 23.2. The second-order valence-corrected chi connectivity index (χ2v) is 9.53. The first-order valence-electron chi connectivity index (χ1n) is 11.5. The minimum absolute atomic E-state index is 0.0188. The van der Waals surface area contributed by atoms with Crippen LogP contribution in [0, 0.1) is 0 Å². The summed E-state index contributed by atoms with van der Waals surface area (Å²) in [6.45, 7) is 1.34. The highest BCUT2D eigenvalue weighted by Gasteiger charge is 2.51. The van der Waals surface area contributed by atoms with Crippen LogP contribution in [-0.4, -0.2) is 65.4 Å². The highest BCUT2D eigenvalue weighted by molar-refractivity contribution is 6.30. The molecule has 2 aromatic rings. The molecule has 3 aliphatic rings. The van der Waals surface area contributed by atoms with Crippen LogP contribution < -0.4 is 5.32 Å². The Labute approximate surface area is 201 Å². The number of halogens is 4. The van der Waals surface area contributed by atoms with Gasteiger partial charge in [0.1, 0.15) is 0 Å². The largest absolute Gasteiger partial charge is 0.414 e. The SMILES string of the molecule is O=C1N(C2CCOCC2)CCN1C(c1ccc(NC2Cc3ccc(Cl)cc3C2)cn1)C(F)(F)F. The molecule has 2 fully saturated rings. The number of alkyl halides is 3. The van der Waals surface area contributed by atoms with Gasteiger partial charge < -0.3 is 19.9 Å². The van der Waals surface area contributed by atoms with Crippen LogP contribution in [0.25, 0.3) is 0 Å². The number of nitrogens with zero attached hydrogens (tertiary/aromatic N) is 3. The van der Waals surface area contributed by atoms with Crippen molar-refractivity contribution in [2.24, 2.45) is 0 Å². The van der Waals surface area contributed by atoms with Crippen LogP contribution in [0.4, 0.5) is 23.7 Å². The number of fused-ring (bicyclic) bond motifs is 1. The third kappa shape index (κ3) is 4.68. The lowest BCUT2D eigenvalue weighted by molar-refractivity contribution is -0.177. The number of amides is 2. The highest BCUT2D eigenvalue weighted by atomic mass is 35.5. The summed E-state index contributed by atoms with van der Waals surface area (Å²) in [5.41, 5.74) is 2.85.